The van der Waals surface area contributed by atoms with E-state index in [9.17, 15) is 9.59 Å². The Hall–Kier alpha value is -1.30. The molecule has 0 saturated carbocycles. The average Bonchev–Trinajstić information content (AvgIpc) is 2.94. The summed E-state index contributed by atoms with van der Waals surface area (Å²) in [5.74, 6) is 0.611. The Bertz CT molecular complexity index is 505. The fourth-order valence-corrected chi connectivity index (χ4v) is 5.01. The van der Waals surface area contributed by atoms with Crippen LogP contribution in [-0.4, -0.2) is 78.1 Å². The van der Waals surface area contributed by atoms with E-state index in [0.717, 1.165) is 77.7 Å². The molecule has 0 N–H and O–H groups in total. The number of nitrogens with zero attached hydrogens (tertiary/aromatic N) is 3. The van der Waals surface area contributed by atoms with Gasteiger partial charge in [-0.25, -0.2) is 4.79 Å². The summed E-state index contributed by atoms with van der Waals surface area (Å²) in [6, 6.07) is 0.953. The van der Waals surface area contributed by atoms with Crippen molar-refractivity contribution >= 4 is 12.0 Å². The van der Waals surface area contributed by atoms with Crippen LogP contribution >= 0.6 is 0 Å². The van der Waals surface area contributed by atoms with Gasteiger partial charge in [-0.2, -0.15) is 0 Å². The van der Waals surface area contributed by atoms with Gasteiger partial charge in [0.15, 0.2) is 0 Å². The first-order valence-electron chi connectivity index (χ1n) is 11.1. The standard InChI is InChI=1S/C21H37N3O3/c1-3-27-21(26)23-12-6-8-19(11-16-23)22-14-9-18(10-15-22)20(25)24-13-5-4-7-17(24)2/h17-19H,3-16H2,1-2H3. The molecule has 0 bridgehead atoms. The molecule has 3 heterocycles. The van der Waals surface area contributed by atoms with Crippen molar-refractivity contribution in [1.82, 2.24) is 14.7 Å². The number of hydrogen-bond donors (Lipinski definition) is 0. The third-order valence-electron chi connectivity index (χ3n) is 6.70. The summed E-state index contributed by atoms with van der Waals surface area (Å²) in [7, 11) is 0. The summed E-state index contributed by atoms with van der Waals surface area (Å²) in [6.07, 6.45) is 8.57. The lowest BCUT2D eigenvalue weighted by Crippen LogP contribution is -2.49. The molecule has 0 aromatic rings. The summed E-state index contributed by atoms with van der Waals surface area (Å²) in [6.45, 7) is 9.07. The fraction of sp³-hybridized carbons (Fsp3) is 0.905. The minimum absolute atomic E-state index is 0.168. The van der Waals surface area contributed by atoms with Crippen molar-refractivity contribution in [1.29, 1.82) is 0 Å². The maximum absolute atomic E-state index is 12.9. The number of amides is 2. The molecule has 3 rings (SSSR count). The Morgan fingerprint density at radius 2 is 1.67 bits per heavy atom. The third-order valence-corrected chi connectivity index (χ3v) is 6.70. The smallest absolute Gasteiger partial charge is 0.409 e. The largest absolute Gasteiger partial charge is 0.450 e. The van der Waals surface area contributed by atoms with Crippen molar-refractivity contribution in [2.24, 2.45) is 5.92 Å². The van der Waals surface area contributed by atoms with Crippen LogP contribution in [0.5, 0.6) is 0 Å². The molecule has 2 atom stereocenters. The molecule has 3 fully saturated rings. The van der Waals surface area contributed by atoms with Gasteiger partial charge in [0.05, 0.1) is 6.61 Å². The molecule has 2 unspecified atom stereocenters. The van der Waals surface area contributed by atoms with E-state index in [2.05, 4.69) is 16.7 Å². The van der Waals surface area contributed by atoms with Gasteiger partial charge in [-0.05, 0) is 78.3 Å². The SMILES string of the molecule is CCOC(=O)N1CCCC(N2CCC(C(=O)N3CCCCC3C)CC2)CC1. The quantitative estimate of drug-likeness (QED) is 0.756. The van der Waals surface area contributed by atoms with E-state index in [1.165, 1.54) is 6.42 Å². The second-order valence-electron chi connectivity index (χ2n) is 8.46. The zero-order valence-corrected chi connectivity index (χ0v) is 17.2. The van der Waals surface area contributed by atoms with Gasteiger partial charge in [0.2, 0.25) is 5.91 Å². The summed E-state index contributed by atoms with van der Waals surface area (Å²) in [4.78, 5) is 31.5. The molecule has 3 aliphatic heterocycles. The van der Waals surface area contributed by atoms with Gasteiger partial charge in [0.25, 0.3) is 0 Å². The highest BCUT2D eigenvalue weighted by atomic mass is 16.6. The summed E-state index contributed by atoms with van der Waals surface area (Å²) in [5, 5.41) is 0. The minimum Gasteiger partial charge on any atom is -0.450 e. The molecular formula is C21H37N3O3. The van der Waals surface area contributed by atoms with Crippen molar-refractivity contribution in [3.05, 3.63) is 0 Å². The van der Waals surface area contributed by atoms with E-state index in [-0.39, 0.29) is 12.0 Å². The number of rotatable bonds is 3. The van der Waals surface area contributed by atoms with Crippen LogP contribution in [0.25, 0.3) is 0 Å². The van der Waals surface area contributed by atoms with Crippen molar-refractivity contribution in [2.75, 3.05) is 39.3 Å². The molecule has 3 aliphatic rings. The van der Waals surface area contributed by atoms with Gasteiger partial charge in [-0.1, -0.05) is 0 Å². The maximum Gasteiger partial charge on any atom is 0.409 e. The fourth-order valence-electron chi connectivity index (χ4n) is 5.01. The van der Waals surface area contributed by atoms with E-state index in [1.54, 1.807) is 0 Å². The topological polar surface area (TPSA) is 53.1 Å². The minimum atomic E-state index is -0.168. The summed E-state index contributed by atoms with van der Waals surface area (Å²) < 4.78 is 5.16. The number of carbonyl (C=O) groups excluding carboxylic acids is 2. The lowest BCUT2D eigenvalue weighted by Gasteiger charge is -2.40. The zero-order chi connectivity index (χ0) is 19.2. The Balaban J connectivity index is 1.46. The van der Waals surface area contributed by atoms with Crippen molar-refractivity contribution in [3.8, 4) is 0 Å². The van der Waals surface area contributed by atoms with Crippen LogP contribution in [0.3, 0.4) is 0 Å². The molecule has 0 aromatic carbocycles. The molecular weight excluding hydrogens is 342 g/mol. The Labute approximate surface area is 164 Å². The Morgan fingerprint density at radius 1 is 0.889 bits per heavy atom. The average molecular weight is 380 g/mol. The monoisotopic (exact) mass is 379 g/mol. The van der Waals surface area contributed by atoms with Crippen LogP contribution in [-0.2, 0) is 9.53 Å². The van der Waals surface area contributed by atoms with Crippen molar-refractivity contribution in [2.45, 2.75) is 77.3 Å². The predicted octanol–water partition coefficient (Wildman–Crippen LogP) is 3.11. The molecule has 0 aliphatic carbocycles. The first-order chi connectivity index (χ1) is 13.1. The molecule has 2 amide bonds. The molecule has 6 heteroatoms. The van der Waals surface area contributed by atoms with Gasteiger partial charge in [-0.3, -0.25) is 4.79 Å². The van der Waals surface area contributed by atoms with Crippen molar-refractivity contribution < 1.29 is 14.3 Å². The van der Waals surface area contributed by atoms with Gasteiger partial charge in [0, 0.05) is 37.6 Å². The normalized spacial score (nSPS) is 28.7. The molecule has 0 aromatic heterocycles. The number of likely N-dealkylation sites (tertiary alicyclic amines) is 3. The van der Waals surface area contributed by atoms with E-state index >= 15 is 0 Å². The van der Waals surface area contributed by atoms with Gasteiger partial charge in [-0.15, -0.1) is 0 Å². The van der Waals surface area contributed by atoms with Crippen LogP contribution in [0, 0.1) is 5.92 Å². The third kappa shape index (κ3) is 5.15. The Kier molecular flexibility index (Phi) is 7.39. The van der Waals surface area contributed by atoms with Crippen LogP contribution in [0.1, 0.15) is 65.2 Å². The predicted molar refractivity (Wildman–Crippen MR) is 106 cm³/mol. The number of piperidine rings is 2. The Morgan fingerprint density at radius 3 is 2.37 bits per heavy atom. The van der Waals surface area contributed by atoms with Gasteiger partial charge in [0.1, 0.15) is 0 Å². The van der Waals surface area contributed by atoms with E-state index in [0.29, 0.717) is 24.6 Å². The van der Waals surface area contributed by atoms with Gasteiger partial charge >= 0.3 is 6.09 Å². The van der Waals surface area contributed by atoms with Crippen LogP contribution in [0.15, 0.2) is 0 Å². The molecule has 6 nitrogen and oxygen atoms in total. The van der Waals surface area contributed by atoms with Gasteiger partial charge < -0.3 is 19.4 Å². The van der Waals surface area contributed by atoms with Crippen LogP contribution in [0.2, 0.25) is 0 Å². The lowest BCUT2D eigenvalue weighted by molar-refractivity contribution is -0.140. The molecule has 27 heavy (non-hydrogen) atoms. The second-order valence-corrected chi connectivity index (χ2v) is 8.46. The summed E-state index contributed by atoms with van der Waals surface area (Å²) >= 11 is 0. The maximum atomic E-state index is 12.9. The van der Waals surface area contributed by atoms with E-state index < -0.39 is 0 Å². The number of ether oxygens (including phenoxy) is 1. The molecule has 154 valence electrons. The highest BCUT2D eigenvalue weighted by Crippen LogP contribution is 2.27. The second kappa shape index (κ2) is 9.76. The molecule has 0 spiro atoms. The van der Waals surface area contributed by atoms with E-state index in [4.69, 9.17) is 4.74 Å². The lowest BCUT2D eigenvalue weighted by atomic mass is 9.91. The number of hydrogen-bond acceptors (Lipinski definition) is 4. The number of carbonyl (C=O) groups is 2. The molecule has 3 saturated heterocycles. The highest BCUT2D eigenvalue weighted by Gasteiger charge is 2.34. The molecule has 0 radical (unpaired) electrons. The van der Waals surface area contributed by atoms with Crippen LogP contribution < -0.4 is 0 Å². The summed E-state index contributed by atoms with van der Waals surface area (Å²) in [5.41, 5.74) is 0. The highest BCUT2D eigenvalue weighted by molar-refractivity contribution is 5.79. The van der Waals surface area contributed by atoms with E-state index in [1.807, 2.05) is 11.8 Å². The van der Waals surface area contributed by atoms with Crippen molar-refractivity contribution in [3.63, 3.8) is 0 Å². The van der Waals surface area contributed by atoms with Crippen LogP contribution in [0.4, 0.5) is 4.79 Å². The first-order valence-corrected chi connectivity index (χ1v) is 11.1. The first kappa shape index (κ1) is 20.4. The zero-order valence-electron chi connectivity index (χ0n) is 17.2.